The van der Waals surface area contributed by atoms with Crippen LogP contribution < -0.4 is 20.1 Å². The number of anilines is 2. The van der Waals surface area contributed by atoms with Gasteiger partial charge in [0.25, 0.3) is 5.91 Å². The highest BCUT2D eigenvalue weighted by atomic mass is 16.5. The zero-order chi connectivity index (χ0) is 20.5. The van der Waals surface area contributed by atoms with E-state index in [0.29, 0.717) is 28.7 Å². The van der Waals surface area contributed by atoms with Gasteiger partial charge in [-0.2, -0.15) is 0 Å². The van der Waals surface area contributed by atoms with E-state index in [1.165, 1.54) is 25.1 Å². The van der Waals surface area contributed by atoms with E-state index in [4.69, 9.17) is 9.47 Å². The van der Waals surface area contributed by atoms with Crippen molar-refractivity contribution in [2.24, 2.45) is 0 Å². The zero-order valence-corrected chi connectivity index (χ0v) is 16.5. The lowest BCUT2D eigenvalue weighted by Gasteiger charge is -2.11. The molecule has 1 heterocycles. The maximum Gasteiger partial charge on any atom is 0.258 e. The number of nitrogens with zero attached hydrogens (tertiary/aromatic N) is 2. The molecule has 0 saturated heterocycles. The third-order valence-electron chi connectivity index (χ3n) is 4.34. The summed E-state index contributed by atoms with van der Waals surface area (Å²) in [5, 5.41) is 5.97. The fourth-order valence-corrected chi connectivity index (χ4v) is 2.77. The molecule has 0 saturated carbocycles. The highest BCUT2D eigenvalue weighted by Gasteiger charge is 2.12. The number of benzene rings is 2. The lowest BCUT2D eigenvalue weighted by atomic mass is 10.1. The topological polar surface area (TPSA) is 85.4 Å². The van der Waals surface area contributed by atoms with Crippen molar-refractivity contribution in [3.63, 3.8) is 0 Å². The van der Waals surface area contributed by atoms with Crippen LogP contribution in [0.1, 0.15) is 22.3 Å². The first kappa shape index (κ1) is 20.1. The van der Waals surface area contributed by atoms with Crippen LogP contribution in [0.4, 0.5) is 11.6 Å². The van der Waals surface area contributed by atoms with E-state index in [9.17, 15) is 4.79 Å². The summed E-state index contributed by atoms with van der Waals surface area (Å²) in [4.78, 5) is 20.9. The summed E-state index contributed by atoms with van der Waals surface area (Å²) in [5.74, 6) is 1.34. The number of rotatable bonds is 9. The number of carbonyl (C=O) groups excluding carboxylic acids is 1. The largest absolute Gasteiger partial charge is 0.497 e. The molecule has 7 nitrogen and oxygen atoms in total. The van der Waals surface area contributed by atoms with Gasteiger partial charge in [-0.25, -0.2) is 9.97 Å². The Morgan fingerprint density at radius 2 is 1.76 bits per heavy atom. The summed E-state index contributed by atoms with van der Waals surface area (Å²) in [5.41, 5.74) is 2.20. The smallest absolute Gasteiger partial charge is 0.258 e. The number of hydrogen-bond donors (Lipinski definition) is 2. The Labute approximate surface area is 170 Å². The fraction of sp³-hybridized carbons (Fsp3) is 0.227. The van der Waals surface area contributed by atoms with Gasteiger partial charge < -0.3 is 20.1 Å². The molecule has 0 aliphatic carbocycles. The number of hydrogen-bond acceptors (Lipinski definition) is 6. The first-order valence-electron chi connectivity index (χ1n) is 9.33. The SMILES string of the molecule is COc1ccc(NC(=O)c2cnc(NCCCc3ccccc3)nc2)c(OC)c1. The Balaban J connectivity index is 1.52. The molecular weight excluding hydrogens is 368 g/mol. The van der Waals surface area contributed by atoms with Gasteiger partial charge in [-0.1, -0.05) is 30.3 Å². The molecule has 29 heavy (non-hydrogen) atoms. The number of methoxy groups -OCH3 is 2. The van der Waals surface area contributed by atoms with Gasteiger partial charge >= 0.3 is 0 Å². The maximum atomic E-state index is 12.5. The molecule has 3 aromatic rings. The van der Waals surface area contributed by atoms with Gasteiger partial charge in [-0.15, -0.1) is 0 Å². The Morgan fingerprint density at radius 3 is 2.45 bits per heavy atom. The van der Waals surface area contributed by atoms with Crippen molar-refractivity contribution < 1.29 is 14.3 Å². The molecule has 0 unspecified atom stereocenters. The minimum absolute atomic E-state index is 0.316. The van der Waals surface area contributed by atoms with Crippen LogP contribution in [0.5, 0.6) is 11.5 Å². The van der Waals surface area contributed by atoms with Crippen molar-refractivity contribution in [3.8, 4) is 11.5 Å². The number of aromatic nitrogens is 2. The first-order chi connectivity index (χ1) is 14.2. The molecule has 0 fully saturated rings. The number of nitrogens with one attached hydrogen (secondary N) is 2. The van der Waals surface area contributed by atoms with Crippen LogP contribution >= 0.6 is 0 Å². The van der Waals surface area contributed by atoms with E-state index in [2.05, 4.69) is 32.7 Å². The van der Waals surface area contributed by atoms with Crippen molar-refractivity contribution >= 4 is 17.5 Å². The summed E-state index contributed by atoms with van der Waals surface area (Å²) in [6.07, 6.45) is 4.95. The van der Waals surface area contributed by atoms with Crippen molar-refractivity contribution in [1.29, 1.82) is 0 Å². The van der Waals surface area contributed by atoms with Gasteiger partial charge in [-0.05, 0) is 30.5 Å². The van der Waals surface area contributed by atoms with Crippen LogP contribution in [0.15, 0.2) is 60.9 Å². The molecule has 1 amide bonds. The summed E-state index contributed by atoms with van der Waals surface area (Å²) in [7, 11) is 3.10. The second-order valence-electron chi connectivity index (χ2n) is 6.33. The second-order valence-corrected chi connectivity index (χ2v) is 6.33. The van der Waals surface area contributed by atoms with Gasteiger partial charge in [0.1, 0.15) is 11.5 Å². The zero-order valence-electron chi connectivity index (χ0n) is 16.5. The fourth-order valence-electron chi connectivity index (χ4n) is 2.77. The lowest BCUT2D eigenvalue weighted by Crippen LogP contribution is -2.14. The predicted molar refractivity (Wildman–Crippen MR) is 113 cm³/mol. The third-order valence-corrected chi connectivity index (χ3v) is 4.34. The van der Waals surface area contributed by atoms with E-state index >= 15 is 0 Å². The van der Waals surface area contributed by atoms with Gasteiger partial charge in [0, 0.05) is 25.0 Å². The Kier molecular flexibility index (Phi) is 7.00. The molecule has 2 N–H and O–H groups in total. The van der Waals surface area contributed by atoms with Crippen molar-refractivity contribution in [2.75, 3.05) is 31.4 Å². The minimum Gasteiger partial charge on any atom is -0.497 e. The highest BCUT2D eigenvalue weighted by Crippen LogP contribution is 2.29. The number of amides is 1. The molecule has 2 aromatic carbocycles. The van der Waals surface area contributed by atoms with E-state index in [1.54, 1.807) is 25.3 Å². The second kappa shape index (κ2) is 10.1. The highest BCUT2D eigenvalue weighted by molar-refractivity contribution is 6.04. The molecule has 7 heteroatoms. The average Bonchev–Trinajstić information content (AvgIpc) is 2.78. The monoisotopic (exact) mass is 392 g/mol. The van der Waals surface area contributed by atoms with Crippen LogP contribution in [0.3, 0.4) is 0 Å². The molecular formula is C22H24N4O3. The predicted octanol–water partition coefficient (Wildman–Crippen LogP) is 3.79. The molecule has 0 aliphatic rings. The summed E-state index contributed by atoms with van der Waals surface area (Å²) >= 11 is 0. The van der Waals surface area contributed by atoms with E-state index in [-0.39, 0.29) is 5.91 Å². The van der Waals surface area contributed by atoms with Crippen LogP contribution in [0, 0.1) is 0 Å². The van der Waals surface area contributed by atoms with E-state index in [0.717, 1.165) is 19.4 Å². The maximum absolute atomic E-state index is 12.5. The lowest BCUT2D eigenvalue weighted by molar-refractivity contribution is 0.102. The normalized spacial score (nSPS) is 10.3. The Hall–Kier alpha value is -3.61. The Morgan fingerprint density at radius 1 is 1.00 bits per heavy atom. The van der Waals surface area contributed by atoms with Crippen molar-refractivity contribution in [1.82, 2.24) is 9.97 Å². The summed E-state index contributed by atoms with van der Waals surface area (Å²) in [6, 6.07) is 15.5. The summed E-state index contributed by atoms with van der Waals surface area (Å²) in [6.45, 7) is 0.753. The quantitative estimate of drug-likeness (QED) is 0.539. The molecule has 1 aromatic heterocycles. The number of aryl methyl sites for hydroxylation is 1. The standard InChI is InChI=1S/C22H24N4O3/c1-28-18-10-11-19(20(13-18)29-2)26-21(27)17-14-24-22(25-15-17)23-12-6-9-16-7-4-3-5-8-16/h3-5,7-8,10-11,13-15H,6,9,12H2,1-2H3,(H,26,27)(H,23,24,25). The summed E-state index contributed by atoms with van der Waals surface area (Å²) < 4.78 is 10.5. The van der Waals surface area contributed by atoms with Gasteiger partial charge in [0.15, 0.2) is 0 Å². The number of ether oxygens (including phenoxy) is 2. The van der Waals surface area contributed by atoms with Crippen molar-refractivity contribution in [2.45, 2.75) is 12.8 Å². The molecule has 150 valence electrons. The van der Waals surface area contributed by atoms with Gasteiger partial charge in [-0.3, -0.25) is 4.79 Å². The number of carbonyl (C=O) groups is 1. The molecule has 0 aliphatic heterocycles. The van der Waals surface area contributed by atoms with Crippen LogP contribution in [-0.2, 0) is 6.42 Å². The van der Waals surface area contributed by atoms with Crippen molar-refractivity contribution in [3.05, 3.63) is 72.1 Å². The first-order valence-corrected chi connectivity index (χ1v) is 9.33. The van der Waals surface area contributed by atoms with Gasteiger partial charge in [0.2, 0.25) is 5.95 Å². The molecule has 0 spiro atoms. The van der Waals surface area contributed by atoms with Crippen LogP contribution in [0.2, 0.25) is 0 Å². The molecule has 0 atom stereocenters. The third kappa shape index (κ3) is 5.68. The van der Waals surface area contributed by atoms with Crippen LogP contribution in [0.25, 0.3) is 0 Å². The Bertz CT molecular complexity index is 931. The van der Waals surface area contributed by atoms with Crippen LogP contribution in [-0.4, -0.2) is 36.6 Å². The molecule has 3 rings (SSSR count). The minimum atomic E-state index is -0.316. The molecule has 0 bridgehead atoms. The van der Waals surface area contributed by atoms with E-state index < -0.39 is 0 Å². The van der Waals surface area contributed by atoms with E-state index in [1.807, 2.05) is 18.2 Å². The average molecular weight is 392 g/mol. The van der Waals surface area contributed by atoms with Gasteiger partial charge in [0.05, 0.1) is 25.5 Å². The molecule has 0 radical (unpaired) electrons.